The molecule has 2 aliphatic rings. The zero-order valence-corrected chi connectivity index (χ0v) is 20.5. The van der Waals surface area contributed by atoms with Gasteiger partial charge in [-0.05, 0) is 36.4 Å². The first-order valence-corrected chi connectivity index (χ1v) is 11.9. The second kappa shape index (κ2) is 9.79. The lowest BCUT2D eigenvalue weighted by Crippen LogP contribution is -2.75. The van der Waals surface area contributed by atoms with Crippen molar-refractivity contribution in [2.75, 3.05) is 27.3 Å². The Morgan fingerprint density at radius 3 is 1.73 bits per heavy atom. The molecule has 2 aliphatic heterocycles. The second-order valence-electron chi connectivity index (χ2n) is 9.26. The highest BCUT2D eigenvalue weighted by atomic mass is 16.5. The van der Waals surface area contributed by atoms with Crippen LogP contribution in [0.15, 0.2) is 73.2 Å². The Morgan fingerprint density at radius 1 is 0.838 bits per heavy atom. The molecule has 4 unspecified atom stereocenters. The van der Waals surface area contributed by atoms with Crippen LogP contribution in [0, 0.1) is 10.8 Å². The Balaban J connectivity index is 1.75. The minimum Gasteiger partial charge on any atom is -0.468 e. The zero-order chi connectivity index (χ0) is 26.0. The Hall–Kier alpha value is -4.02. The summed E-state index contributed by atoms with van der Waals surface area (Å²) in [6, 6.07) is 14.3. The van der Waals surface area contributed by atoms with E-state index in [9.17, 15) is 14.4 Å². The molecule has 5 rings (SSSR count). The van der Waals surface area contributed by atoms with Crippen LogP contribution in [-0.4, -0.2) is 64.9 Å². The van der Waals surface area contributed by atoms with Crippen molar-refractivity contribution in [3.8, 4) is 0 Å². The number of fused-ring (bicyclic) bond motifs is 2. The largest absolute Gasteiger partial charge is 0.468 e. The molecule has 2 saturated heterocycles. The van der Waals surface area contributed by atoms with Crippen molar-refractivity contribution < 1.29 is 23.9 Å². The fourth-order valence-electron chi connectivity index (χ4n) is 5.72. The van der Waals surface area contributed by atoms with E-state index >= 15 is 0 Å². The predicted molar refractivity (Wildman–Crippen MR) is 131 cm³/mol. The first kappa shape index (κ1) is 24.7. The number of piperidine rings is 2. The van der Waals surface area contributed by atoms with Crippen molar-refractivity contribution >= 4 is 17.7 Å². The fourth-order valence-corrected chi connectivity index (χ4v) is 5.72. The summed E-state index contributed by atoms with van der Waals surface area (Å²) in [7, 11) is 2.48. The Labute approximate surface area is 214 Å². The standard InChI is InChI=1S/C27H27N5O5/c1-36-24(34)26-16-32(15-18-9-3-6-12-28-18)17-27(23(26)33,25(35)37-2)22(20-11-5-8-14-30-20)31-21(26)19-10-4-7-13-29-19/h3-14,21-22,31H,15-17H2,1-2H3. The maximum absolute atomic E-state index is 14.7. The van der Waals surface area contributed by atoms with Crippen molar-refractivity contribution in [2.45, 2.75) is 18.6 Å². The minimum absolute atomic E-state index is 0.00297. The first-order valence-electron chi connectivity index (χ1n) is 11.9. The molecule has 0 radical (unpaired) electrons. The van der Waals surface area contributed by atoms with E-state index in [1.54, 1.807) is 55.0 Å². The molecular formula is C27H27N5O5. The van der Waals surface area contributed by atoms with E-state index in [1.165, 1.54) is 14.2 Å². The summed E-state index contributed by atoms with van der Waals surface area (Å²) in [6.45, 7) is 0.295. The van der Waals surface area contributed by atoms with Gasteiger partial charge in [0.15, 0.2) is 16.6 Å². The molecule has 3 aromatic heterocycles. The quantitative estimate of drug-likeness (QED) is 0.394. The highest BCUT2D eigenvalue weighted by Gasteiger charge is 2.73. The summed E-state index contributed by atoms with van der Waals surface area (Å²) in [5.41, 5.74) is -1.89. The van der Waals surface area contributed by atoms with E-state index in [2.05, 4.69) is 20.3 Å². The van der Waals surface area contributed by atoms with E-state index in [0.717, 1.165) is 5.69 Å². The lowest BCUT2D eigenvalue weighted by molar-refractivity contribution is -0.191. The summed E-state index contributed by atoms with van der Waals surface area (Å²) in [5.74, 6) is -2.07. The van der Waals surface area contributed by atoms with E-state index in [0.29, 0.717) is 17.9 Å². The monoisotopic (exact) mass is 501 g/mol. The van der Waals surface area contributed by atoms with Gasteiger partial charge in [0.25, 0.3) is 0 Å². The van der Waals surface area contributed by atoms with Gasteiger partial charge in [0.05, 0.1) is 43.4 Å². The number of rotatable bonds is 6. The first-order chi connectivity index (χ1) is 18.0. The Morgan fingerprint density at radius 2 is 1.32 bits per heavy atom. The molecule has 0 saturated carbocycles. The number of likely N-dealkylation sites (tertiary alicyclic amines) is 1. The third-order valence-electron chi connectivity index (χ3n) is 7.25. The molecule has 10 nitrogen and oxygen atoms in total. The van der Waals surface area contributed by atoms with Crippen molar-refractivity contribution in [1.29, 1.82) is 0 Å². The Bertz CT molecular complexity index is 1210. The van der Waals surface area contributed by atoms with E-state index < -0.39 is 40.6 Å². The zero-order valence-electron chi connectivity index (χ0n) is 20.5. The average molecular weight is 502 g/mol. The molecule has 1 N–H and O–H groups in total. The number of pyridine rings is 3. The number of nitrogens with one attached hydrogen (secondary N) is 1. The molecule has 4 atom stereocenters. The van der Waals surface area contributed by atoms with Crippen LogP contribution in [0.1, 0.15) is 29.2 Å². The lowest BCUT2D eigenvalue weighted by atomic mass is 9.55. The summed E-state index contributed by atoms with van der Waals surface area (Å²) in [4.78, 5) is 57.3. The number of ether oxygens (including phenoxy) is 2. The summed E-state index contributed by atoms with van der Waals surface area (Å²) in [5, 5.41) is 3.43. The summed E-state index contributed by atoms with van der Waals surface area (Å²) in [6.07, 6.45) is 4.87. The molecule has 5 heterocycles. The molecule has 2 bridgehead atoms. The van der Waals surface area contributed by atoms with E-state index in [4.69, 9.17) is 9.47 Å². The van der Waals surface area contributed by atoms with Crippen molar-refractivity contribution in [3.63, 3.8) is 0 Å². The third-order valence-corrected chi connectivity index (χ3v) is 7.25. The van der Waals surface area contributed by atoms with E-state index in [1.807, 2.05) is 23.1 Å². The minimum atomic E-state index is -1.78. The summed E-state index contributed by atoms with van der Waals surface area (Å²) >= 11 is 0. The Kier molecular flexibility index (Phi) is 6.53. The number of carbonyl (C=O) groups is 3. The van der Waals surface area contributed by atoms with Gasteiger partial charge in [-0.1, -0.05) is 18.2 Å². The van der Waals surface area contributed by atoms with Crippen molar-refractivity contribution in [2.24, 2.45) is 10.8 Å². The molecule has 0 spiro atoms. The fraction of sp³-hybridized carbons (Fsp3) is 0.333. The smallest absolute Gasteiger partial charge is 0.322 e. The van der Waals surface area contributed by atoms with Gasteiger partial charge in [0.1, 0.15) is 0 Å². The van der Waals surface area contributed by atoms with Gasteiger partial charge in [-0.3, -0.25) is 39.6 Å². The molecule has 10 heteroatoms. The number of hydrogen-bond donors (Lipinski definition) is 1. The molecular weight excluding hydrogens is 474 g/mol. The number of methoxy groups -OCH3 is 2. The van der Waals surface area contributed by atoms with Crippen molar-refractivity contribution in [1.82, 2.24) is 25.2 Å². The second-order valence-corrected chi connectivity index (χ2v) is 9.26. The highest BCUT2D eigenvalue weighted by molar-refractivity contribution is 6.17. The topological polar surface area (TPSA) is 124 Å². The molecule has 3 aromatic rings. The number of hydrogen-bond acceptors (Lipinski definition) is 10. The molecule has 0 aliphatic carbocycles. The van der Waals surface area contributed by atoms with Crippen LogP contribution in [0.3, 0.4) is 0 Å². The predicted octanol–water partition coefficient (Wildman–Crippen LogP) is 1.66. The SMILES string of the molecule is COC(=O)C12CN(Cc3ccccn3)CC(C(=O)OC)(C1=O)C(c1ccccn1)NC2c1ccccn1. The van der Waals surface area contributed by atoms with Gasteiger partial charge < -0.3 is 9.47 Å². The van der Waals surface area contributed by atoms with Gasteiger partial charge in [0, 0.05) is 38.2 Å². The van der Waals surface area contributed by atoms with Crippen LogP contribution in [0.4, 0.5) is 0 Å². The van der Waals surface area contributed by atoms with Gasteiger partial charge in [-0.15, -0.1) is 0 Å². The maximum atomic E-state index is 14.7. The molecule has 2 fully saturated rings. The lowest BCUT2D eigenvalue weighted by Gasteiger charge is -2.57. The van der Waals surface area contributed by atoms with Gasteiger partial charge >= 0.3 is 11.9 Å². The number of Topliss-reactive ketones (excluding diaryl/α,β-unsaturated/α-hetero) is 1. The normalized spacial score (nSPS) is 27.4. The molecule has 37 heavy (non-hydrogen) atoms. The number of esters is 2. The van der Waals surface area contributed by atoms with E-state index in [-0.39, 0.29) is 13.1 Å². The number of ketones is 1. The molecule has 0 aromatic carbocycles. The third kappa shape index (κ3) is 3.89. The highest BCUT2D eigenvalue weighted by Crippen LogP contribution is 2.56. The van der Waals surface area contributed by atoms with Crippen molar-refractivity contribution in [3.05, 3.63) is 90.3 Å². The van der Waals surface area contributed by atoms with Crippen LogP contribution in [0.25, 0.3) is 0 Å². The van der Waals surface area contributed by atoms with Gasteiger partial charge in [-0.2, -0.15) is 0 Å². The van der Waals surface area contributed by atoms with Crippen LogP contribution in [0.5, 0.6) is 0 Å². The number of nitrogens with zero attached hydrogens (tertiary/aromatic N) is 4. The molecule has 0 amide bonds. The number of aromatic nitrogens is 3. The molecule has 190 valence electrons. The summed E-state index contributed by atoms with van der Waals surface area (Å²) < 4.78 is 10.5. The number of carbonyl (C=O) groups excluding carboxylic acids is 3. The van der Waals surface area contributed by atoms with Crippen LogP contribution in [-0.2, 0) is 30.4 Å². The van der Waals surface area contributed by atoms with Crippen LogP contribution >= 0.6 is 0 Å². The average Bonchev–Trinajstić information content (AvgIpc) is 2.94. The van der Waals surface area contributed by atoms with Gasteiger partial charge in [0.2, 0.25) is 0 Å². The van der Waals surface area contributed by atoms with Crippen LogP contribution < -0.4 is 5.32 Å². The van der Waals surface area contributed by atoms with Crippen LogP contribution in [0.2, 0.25) is 0 Å². The van der Waals surface area contributed by atoms with Gasteiger partial charge in [-0.25, -0.2) is 0 Å². The maximum Gasteiger partial charge on any atom is 0.322 e.